The zero-order valence-electron chi connectivity index (χ0n) is 11.7. The Bertz CT molecular complexity index is 556. The van der Waals surface area contributed by atoms with Gasteiger partial charge in [0, 0.05) is 11.6 Å². The minimum Gasteiger partial charge on any atom is -0.489 e. The van der Waals surface area contributed by atoms with Crippen molar-refractivity contribution in [2.45, 2.75) is 32.4 Å². The van der Waals surface area contributed by atoms with Gasteiger partial charge in [-0.3, -0.25) is 0 Å². The molecule has 0 heterocycles. The van der Waals surface area contributed by atoms with Gasteiger partial charge in [-0.05, 0) is 30.5 Å². The van der Waals surface area contributed by atoms with Crippen LogP contribution >= 0.6 is 0 Å². The van der Waals surface area contributed by atoms with Gasteiger partial charge in [0.1, 0.15) is 18.2 Å². The van der Waals surface area contributed by atoms with Crippen LogP contribution < -0.4 is 10.5 Å². The van der Waals surface area contributed by atoms with Crippen LogP contribution in [0.25, 0.3) is 0 Å². The Labute approximate surface area is 119 Å². The van der Waals surface area contributed by atoms with E-state index in [9.17, 15) is 4.39 Å². The molecule has 106 valence electrons. The molecule has 0 amide bonds. The molecule has 0 aliphatic carbocycles. The average molecular weight is 273 g/mol. The van der Waals surface area contributed by atoms with E-state index in [0.717, 1.165) is 24.2 Å². The zero-order chi connectivity index (χ0) is 14.4. The lowest BCUT2D eigenvalue weighted by Crippen LogP contribution is -2.21. The van der Waals surface area contributed by atoms with Crippen molar-refractivity contribution in [3.8, 4) is 5.75 Å². The Kier molecular flexibility index (Phi) is 5.13. The number of hydrogen-bond donors (Lipinski definition) is 1. The molecule has 3 heteroatoms. The summed E-state index contributed by atoms with van der Waals surface area (Å²) in [6.45, 7) is 2.29. The maximum absolute atomic E-state index is 13.6. The Morgan fingerprint density at radius 3 is 2.40 bits per heavy atom. The summed E-state index contributed by atoms with van der Waals surface area (Å²) in [5.41, 5.74) is 7.61. The predicted octanol–water partition coefficient (Wildman–Crippen LogP) is 3.68. The SMILES string of the molecule is CCC(N)Cc1ccccc1OCc1ccccc1F. The summed E-state index contributed by atoms with van der Waals surface area (Å²) in [6.07, 6.45) is 1.69. The highest BCUT2D eigenvalue weighted by Gasteiger charge is 2.08. The number of ether oxygens (including phenoxy) is 1. The van der Waals surface area contributed by atoms with Crippen LogP contribution in [0, 0.1) is 5.82 Å². The Hall–Kier alpha value is -1.87. The normalized spacial score (nSPS) is 12.2. The van der Waals surface area contributed by atoms with E-state index in [2.05, 4.69) is 6.92 Å². The summed E-state index contributed by atoms with van der Waals surface area (Å²) in [7, 11) is 0. The van der Waals surface area contributed by atoms with E-state index in [1.165, 1.54) is 6.07 Å². The molecular weight excluding hydrogens is 253 g/mol. The Morgan fingerprint density at radius 1 is 1.05 bits per heavy atom. The quantitative estimate of drug-likeness (QED) is 0.871. The van der Waals surface area contributed by atoms with Gasteiger partial charge in [-0.2, -0.15) is 0 Å². The molecule has 0 radical (unpaired) electrons. The van der Waals surface area contributed by atoms with Crippen LogP contribution in [-0.4, -0.2) is 6.04 Å². The molecule has 0 fully saturated rings. The highest BCUT2D eigenvalue weighted by molar-refractivity contribution is 5.34. The summed E-state index contributed by atoms with van der Waals surface area (Å²) in [6, 6.07) is 14.6. The second kappa shape index (κ2) is 7.06. The molecule has 0 spiro atoms. The topological polar surface area (TPSA) is 35.2 Å². The molecule has 2 aromatic carbocycles. The first-order valence-electron chi connectivity index (χ1n) is 6.90. The van der Waals surface area contributed by atoms with E-state index in [1.807, 2.05) is 24.3 Å². The molecule has 1 atom stereocenters. The standard InChI is InChI=1S/C17H20FNO/c1-2-15(19)11-13-7-4-6-10-17(13)20-12-14-8-3-5-9-16(14)18/h3-10,15H,2,11-12,19H2,1H3. The van der Waals surface area contributed by atoms with E-state index in [-0.39, 0.29) is 18.5 Å². The van der Waals surface area contributed by atoms with Gasteiger partial charge in [0.25, 0.3) is 0 Å². The first-order chi connectivity index (χ1) is 9.70. The fourth-order valence-corrected chi connectivity index (χ4v) is 2.01. The summed E-state index contributed by atoms with van der Waals surface area (Å²) in [4.78, 5) is 0. The van der Waals surface area contributed by atoms with Gasteiger partial charge in [0.2, 0.25) is 0 Å². The molecule has 1 unspecified atom stereocenters. The van der Waals surface area contributed by atoms with E-state index in [4.69, 9.17) is 10.5 Å². The number of nitrogens with two attached hydrogens (primary N) is 1. The van der Waals surface area contributed by atoms with Crippen LogP contribution in [0.5, 0.6) is 5.75 Å². The minimum atomic E-state index is -0.241. The fraction of sp³-hybridized carbons (Fsp3) is 0.294. The van der Waals surface area contributed by atoms with Gasteiger partial charge < -0.3 is 10.5 Å². The van der Waals surface area contributed by atoms with Crippen molar-refractivity contribution in [3.05, 3.63) is 65.5 Å². The first-order valence-corrected chi connectivity index (χ1v) is 6.90. The molecule has 0 saturated carbocycles. The smallest absolute Gasteiger partial charge is 0.129 e. The molecule has 0 aromatic heterocycles. The van der Waals surface area contributed by atoms with Crippen LogP contribution in [0.15, 0.2) is 48.5 Å². The summed E-state index contributed by atoms with van der Waals surface area (Å²) in [5.74, 6) is 0.537. The number of halogens is 1. The van der Waals surface area contributed by atoms with Gasteiger partial charge in [-0.25, -0.2) is 4.39 Å². The van der Waals surface area contributed by atoms with Gasteiger partial charge in [0.05, 0.1) is 0 Å². The van der Waals surface area contributed by atoms with Crippen molar-refractivity contribution < 1.29 is 9.13 Å². The Morgan fingerprint density at radius 2 is 1.70 bits per heavy atom. The zero-order valence-corrected chi connectivity index (χ0v) is 11.7. The van der Waals surface area contributed by atoms with Crippen molar-refractivity contribution in [1.29, 1.82) is 0 Å². The monoisotopic (exact) mass is 273 g/mol. The van der Waals surface area contributed by atoms with Crippen molar-refractivity contribution in [2.75, 3.05) is 0 Å². The van der Waals surface area contributed by atoms with E-state index < -0.39 is 0 Å². The number of benzene rings is 2. The second-order valence-corrected chi connectivity index (χ2v) is 4.86. The van der Waals surface area contributed by atoms with Crippen molar-refractivity contribution in [1.82, 2.24) is 0 Å². The summed E-state index contributed by atoms with van der Waals surface area (Å²) >= 11 is 0. The first kappa shape index (κ1) is 14.5. The largest absolute Gasteiger partial charge is 0.489 e. The number of hydrogen-bond acceptors (Lipinski definition) is 2. The van der Waals surface area contributed by atoms with Crippen LogP contribution in [0.3, 0.4) is 0 Å². The van der Waals surface area contributed by atoms with E-state index in [1.54, 1.807) is 18.2 Å². The highest BCUT2D eigenvalue weighted by atomic mass is 19.1. The molecule has 0 bridgehead atoms. The molecule has 2 N–H and O–H groups in total. The molecule has 0 saturated heterocycles. The minimum absolute atomic E-state index is 0.119. The molecule has 20 heavy (non-hydrogen) atoms. The average Bonchev–Trinajstić information content (AvgIpc) is 2.47. The lowest BCUT2D eigenvalue weighted by Gasteiger charge is -2.14. The molecule has 2 aromatic rings. The van der Waals surface area contributed by atoms with Crippen molar-refractivity contribution >= 4 is 0 Å². The fourth-order valence-electron chi connectivity index (χ4n) is 2.01. The third-order valence-corrected chi connectivity index (χ3v) is 3.32. The Balaban J connectivity index is 2.08. The second-order valence-electron chi connectivity index (χ2n) is 4.86. The molecular formula is C17H20FNO. The van der Waals surface area contributed by atoms with Crippen LogP contribution in [0.2, 0.25) is 0 Å². The van der Waals surface area contributed by atoms with Crippen LogP contribution in [0.4, 0.5) is 4.39 Å². The molecule has 0 aliphatic heterocycles. The molecule has 2 rings (SSSR count). The highest BCUT2D eigenvalue weighted by Crippen LogP contribution is 2.21. The van der Waals surface area contributed by atoms with E-state index in [0.29, 0.717) is 5.56 Å². The van der Waals surface area contributed by atoms with Gasteiger partial charge in [-0.1, -0.05) is 43.3 Å². The molecule has 2 nitrogen and oxygen atoms in total. The van der Waals surface area contributed by atoms with Gasteiger partial charge >= 0.3 is 0 Å². The third kappa shape index (κ3) is 3.81. The summed E-state index contributed by atoms with van der Waals surface area (Å²) < 4.78 is 19.3. The third-order valence-electron chi connectivity index (χ3n) is 3.32. The maximum Gasteiger partial charge on any atom is 0.129 e. The number of rotatable bonds is 6. The lowest BCUT2D eigenvalue weighted by molar-refractivity contribution is 0.296. The van der Waals surface area contributed by atoms with Crippen LogP contribution in [-0.2, 0) is 13.0 Å². The predicted molar refractivity (Wildman–Crippen MR) is 79.1 cm³/mol. The number of para-hydroxylation sites is 1. The van der Waals surface area contributed by atoms with E-state index >= 15 is 0 Å². The molecule has 0 aliphatic rings. The lowest BCUT2D eigenvalue weighted by atomic mass is 10.0. The summed E-state index contributed by atoms with van der Waals surface area (Å²) in [5, 5.41) is 0. The van der Waals surface area contributed by atoms with Gasteiger partial charge in [0.15, 0.2) is 0 Å². The van der Waals surface area contributed by atoms with Crippen LogP contribution in [0.1, 0.15) is 24.5 Å². The van der Waals surface area contributed by atoms with Crippen molar-refractivity contribution in [3.63, 3.8) is 0 Å². The van der Waals surface area contributed by atoms with Gasteiger partial charge in [-0.15, -0.1) is 0 Å². The van der Waals surface area contributed by atoms with Crippen molar-refractivity contribution in [2.24, 2.45) is 5.73 Å². The maximum atomic E-state index is 13.6.